The third kappa shape index (κ3) is 6.07. The predicted molar refractivity (Wildman–Crippen MR) is 112 cm³/mol. The summed E-state index contributed by atoms with van der Waals surface area (Å²) in [5.41, 5.74) is 1.71. The lowest BCUT2D eigenvalue weighted by Gasteiger charge is -2.21. The fourth-order valence-electron chi connectivity index (χ4n) is 2.59. The summed E-state index contributed by atoms with van der Waals surface area (Å²) in [5, 5.41) is 14.6. The number of carbonyl (C=O) groups excluding carboxylic acids is 1. The number of anilines is 3. The predicted octanol–water partition coefficient (Wildman–Crippen LogP) is 3.24. The third-order valence-electron chi connectivity index (χ3n) is 4.13. The molecule has 0 heterocycles. The number of nitrogens with one attached hydrogen (secondary N) is 2. The number of carbonyl (C=O) groups is 1. The molecule has 0 saturated heterocycles. The van der Waals surface area contributed by atoms with Crippen LogP contribution in [0.15, 0.2) is 65.2 Å². The minimum atomic E-state index is -4.39. The van der Waals surface area contributed by atoms with Crippen LogP contribution in [-0.4, -0.2) is 32.0 Å². The van der Waals surface area contributed by atoms with E-state index in [4.69, 9.17) is 4.55 Å². The molecule has 0 spiro atoms. The van der Waals surface area contributed by atoms with E-state index < -0.39 is 16.0 Å². The van der Waals surface area contributed by atoms with Crippen molar-refractivity contribution in [1.29, 1.82) is 5.26 Å². The summed E-state index contributed by atoms with van der Waals surface area (Å²) in [4.78, 5) is 14.1. The molecule has 2 rings (SSSR count). The van der Waals surface area contributed by atoms with Gasteiger partial charge in [-0.2, -0.15) is 13.7 Å². The molecule has 0 saturated carbocycles. The van der Waals surface area contributed by atoms with Crippen LogP contribution in [0.4, 0.5) is 17.1 Å². The Morgan fingerprint density at radius 1 is 1.14 bits per heavy atom. The summed E-state index contributed by atoms with van der Waals surface area (Å²) in [6.45, 7) is 5.92. The maximum atomic E-state index is 12.3. The van der Waals surface area contributed by atoms with Crippen molar-refractivity contribution in [1.82, 2.24) is 0 Å². The van der Waals surface area contributed by atoms with Gasteiger partial charge in [0.25, 0.3) is 16.0 Å². The van der Waals surface area contributed by atoms with Crippen molar-refractivity contribution in [3.05, 3.63) is 60.3 Å². The molecular formula is C20H22N4O4S. The highest BCUT2D eigenvalue weighted by molar-refractivity contribution is 7.85. The lowest BCUT2D eigenvalue weighted by atomic mass is 10.2. The average molecular weight is 414 g/mol. The minimum absolute atomic E-state index is 0.134. The summed E-state index contributed by atoms with van der Waals surface area (Å²) in [6.07, 6.45) is 1.27. The van der Waals surface area contributed by atoms with Gasteiger partial charge in [-0.3, -0.25) is 9.35 Å². The number of hydrogen-bond acceptors (Lipinski definition) is 6. The molecule has 1 amide bonds. The molecule has 0 aromatic heterocycles. The average Bonchev–Trinajstić information content (AvgIpc) is 2.70. The second kappa shape index (κ2) is 9.73. The topological polar surface area (TPSA) is 123 Å². The second-order valence-electron chi connectivity index (χ2n) is 5.99. The maximum Gasteiger partial charge on any atom is 0.294 e. The molecule has 2 aromatic rings. The normalized spacial score (nSPS) is 11.4. The zero-order valence-electron chi connectivity index (χ0n) is 16.1. The van der Waals surface area contributed by atoms with Crippen molar-refractivity contribution in [2.24, 2.45) is 0 Å². The number of nitriles is 1. The molecular weight excluding hydrogens is 392 g/mol. The zero-order chi connectivity index (χ0) is 21.4. The molecule has 0 aliphatic carbocycles. The fraction of sp³-hybridized carbons (Fsp3) is 0.200. The van der Waals surface area contributed by atoms with E-state index in [0.29, 0.717) is 5.69 Å². The van der Waals surface area contributed by atoms with Gasteiger partial charge in [0.15, 0.2) is 0 Å². The lowest BCUT2D eigenvalue weighted by molar-refractivity contribution is -0.112. The zero-order valence-corrected chi connectivity index (χ0v) is 16.9. The Kier molecular flexibility index (Phi) is 7.36. The molecule has 3 N–H and O–H groups in total. The summed E-state index contributed by atoms with van der Waals surface area (Å²) >= 11 is 0. The van der Waals surface area contributed by atoms with E-state index in [1.54, 1.807) is 6.07 Å². The Morgan fingerprint density at radius 3 is 2.34 bits per heavy atom. The van der Waals surface area contributed by atoms with E-state index in [-0.39, 0.29) is 16.2 Å². The highest BCUT2D eigenvalue weighted by Gasteiger charge is 2.13. The van der Waals surface area contributed by atoms with Crippen molar-refractivity contribution in [3.63, 3.8) is 0 Å². The van der Waals surface area contributed by atoms with Crippen molar-refractivity contribution in [2.75, 3.05) is 28.6 Å². The standard InChI is InChI=1S/C20H22N4O4S/c1-3-24(4-2)18-10-8-16(9-11-18)22-14-15(13-21)20(25)23-17-6-5-7-19(12-17)29(26,27)28/h5-12,14,22H,3-4H2,1-2H3,(H,23,25)(H,26,27,28)/b15-14-. The van der Waals surface area contributed by atoms with Crippen molar-refractivity contribution >= 4 is 33.1 Å². The molecule has 0 aliphatic heterocycles. The summed E-state index contributed by atoms with van der Waals surface area (Å²) < 4.78 is 31.5. The molecule has 0 unspecified atom stereocenters. The van der Waals surface area contributed by atoms with Crippen LogP contribution in [0.5, 0.6) is 0 Å². The third-order valence-corrected chi connectivity index (χ3v) is 4.98. The van der Waals surface area contributed by atoms with E-state index in [9.17, 15) is 18.5 Å². The lowest BCUT2D eigenvalue weighted by Crippen LogP contribution is -2.21. The summed E-state index contributed by atoms with van der Waals surface area (Å²) in [5.74, 6) is -0.716. The van der Waals surface area contributed by atoms with Crippen molar-refractivity contribution in [2.45, 2.75) is 18.7 Å². The van der Waals surface area contributed by atoms with Crippen molar-refractivity contribution < 1.29 is 17.8 Å². The number of hydrogen-bond donors (Lipinski definition) is 3. The van der Waals surface area contributed by atoms with Crippen LogP contribution in [0.3, 0.4) is 0 Å². The number of nitrogens with zero attached hydrogens (tertiary/aromatic N) is 2. The van der Waals surface area contributed by atoms with E-state index in [1.807, 2.05) is 24.3 Å². The second-order valence-corrected chi connectivity index (χ2v) is 7.41. The van der Waals surface area contributed by atoms with Gasteiger partial charge in [-0.1, -0.05) is 6.07 Å². The molecule has 8 nitrogen and oxygen atoms in total. The first-order valence-electron chi connectivity index (χ1n) is 8.89. The smallest absolute Gasteiger partial charge is 0.294 e. The van der Waals surface area contributed by atoms with Gasteiger partial charge in [0.2, 0.25) is 0 Å². The van der Waals surface area contributed by atoms with Gasteiger partial charge in [0.05, 0.1) is 4.90 Å². The molecule has 0 fully saturated rings. The SMILES string of the molecule is CCN(CC)c1ccc(N/C=C(/C#N)C(=O)Nc2cccc(S(=O)(=O)O)c2)cc1. The maximum absolute atomic E-state index is 12.3. The first-order chi connectivity index (χ1) is 13.8. The first-order valence-corrected chi connectivity index (χ1v) is 10.3. The summed E-state index contributed by atoms with van der Waals surface area (Å²) in [6, 6.07) is 14.5. The molecule has 0 aliphatic rings. The molecule has 9 heteroatoms. The van der Waals surface area contributed by atoms with E-state index >= 15 is 0 Å². The Bertz CT molecular complexity index is 1040. The fourth-order valence-corrected chi connectivity index (χ4v) is 3.12. The minimum Gasteiger partial charge on any atom is -0.372 e. The molecule has 152 valence electrons. The van der Waals surface area contributed by atoms with Gasteiger partial charge in [-0.05, 0) is 56.3 Å². The van der Waals surface area contributed by atoms with E-state index in [0.717, 1.165) is 24.8 Å². The van der Waals surface area contributed by atoms with Crippen LogP contribution in [0.25, 0.3) is 0 Å². The molecule has 29 heavy (non-hydrogen) atoms. The monoisotopic (exact) mass is 414 g/mol. The van der Waals surface area contributed by atoms with Gasteiger partial charge in [0, 0.05) is 36.4 Å². The molecule has 0 bridgehead atoms. The van der Waals surface area contributed by atoms with Crippen LogP contribution in [0.2, 0.25) is 0 Å². The molecule has 0 radical (unpaired) electrons. The van der Waals surface area contributed by atoms with Gasteiger partial charge >= 0.3 is 0 Å². The van der Waals surface area contributed by atoms with Crippen molar-refractivity contribution in [3.8, 4) is 6.07 Å². The summed E-state index contributed by atoms with van der Waals surface area (Å²) in [7, 11) is -4.39. The van der Waals surface area contributed by atoms with Gasteiger partial charge in [0.1, 0.15) is 11.6 Å². The van der Waals surface area contributed by atoms with Crippen LogP contribution < -0.4 is 15.5 Å². The number of amides is 1. The van der Waals surface area contributed by atoms with Gasteiger partial charge in [-0.15, -0.1) is 0 Å². The van der Waals surface area contributed by atoms with Gasteiger partial charge < -0.3 is 15.5 Å². The Labute approximate surface area is 170 Å². The van der Waals surface area contributed by atoms with Crippen LogP contribution in [-0.2, 0) is 14.9 Å². The van der Waals surface area contributed by atoms with E-state index in [1.165, 1.54) is 24.4 Å². The molecule has 0 atom stereocenters. The van der Waals surface area contributed by atoms with Gasteiger partial charge in [-0.25, -0.2) is 0 Å². The Hall–Kier alpha value is -3.35. The Morgan fingerprint density at radius 2 is 1.79 bits per heavy atom. The van der Waals surface area contributed by atoms with Crippen LogP contribution in [0.1, 0.15) is 13.8 Å². The Balaban J connectivity index is 2.10. The van der Waals surface area contributed by atoms with Crippen LogP contribution in [0, 0.1) is 11.3 Å². The van der Waals surface area contributed by atoms with Crippen LogP contribution >= 0.6 is 0 Å². The molecule has 2 aromatic carbocycles. The van der Waals surface area contributed by atoms with E-state index in [2.05, 4.69) is 29.4 Å². The quantitative estimate of drug-likeness (QED) is 0.344. The highest BCUT2D eigenvalue weighted by Crippen LogP contribution is 2.18. The first kappa shape index (κ1) is 21.9. The largest absolute Gasteiger partial charge is 0.372 e. The highest BCUT2D eigenvalue weighted by atomic mass is 32.2. The number of rotatable bonds is 8. The number of benzene rings is 2.